The summed E-state index contributed by atoms with van der Waals surface area (Å²) in [5.41, 5.74) is 2.37. The Hall–Kier alpha value is -0.580. The van der Waals surface area contributed by atoms with Crippen molar-refractivity contribution in [1.29, 1.82) is 0 Å². The van der Waals surface area contributed by atoms with E-state index in [0.29, 0.717) is 4.75 Å². The summed E-state index contributed by atoms with van der Waals surface area (Å²) in [6, 6.07) is 8.37. The molecule has 0 saturated heterocycles. The van der Waals surface area contributed by atoms with E-state index in [1.165, 1.54) is 23.8 Å². The average molecular weight is 337 g/mol. The van der Waals surface area contributed by atoms with Gasteiger partial charge in [0.2, 0.25) is 0 Å². The van der Waals surface area contributed by atoms with Crippen LogP contribution in [0.25, 0.3) is 10.9 Å². The van der Waals surface area contributed by atoms with Crippen LogP contribution in [0, 0.1) is 0 Å². The van der Waals surface area contributed by atoms with Crippen molar-refractivity contribution in [1.82, 2.24) is 10.3 Å². The Morgan fingerprint density at radius 2 is 2.21 bits per heavy atom. The maximum Gasteiger partial charge on any atom is 0.0758 e. The van der Waals surface area contributed by atoms with E-state index in [1.807, 2.05) is 24.0 Å². The molecule has 1 aliphatic carbocycles. The molecule has 0 amide bonds. The minimum absolute atomic E-state index is 0.512. The van der Waals surface area contributed by atoms with Crippen LogP contribution in [0.5, 0.6) is 0 Å². The molecule has 1 N–H and O–H groups in total. The van der Waals surface area contributed by atoms with Crippen LogP contribution < -0.4 is 5.32 Å². The fraction of sp³-hybridized carbons (Fsp3) is 0.400. The summed E-state index contributed by atoms with van der Waals surface area (Å²) < 4.78 is 1.63. The lowest BCUT2D eigenvalue weighted by Crippen LogP contribution is -2.25. The van der Waals surface area contributed by atoms with Crippen LogP contribution in [0.15, 0.2) is 34.9 Å². The molecule has 1 fully saturated rings. The number of hydrogen-bond acceptors (Lipinski definition) is 3. The van der Waals surface area contributed by atoms with Crippen LogP contribution in [0.3, 0.4) is 0 Å². The number of nitrogens with one attached hydrogen (secondary N) is 1. The molecule has 1 aromatic carbocycles. The van der Waals surface area contributed by atoms with Crippen molar-refractivity contribution in [3.8, 4) is 0 Å². The van der Waals surface area contributed by atoms with Crippen LogP contribution in [0.2, 0.25) is 0 Å². The normalized spacial score (nSPS) is 16.7. The molecule has 1 aliphatic rings. The van der Waals surface area contributed by atoms with Crippen LogP contribution in [0.4, 0.5) is 0 Å². The summed E-state index contributed by atoms with van der Waals surface area (Å²) in [6.07, 6.45) is 6.77. The van der Waals surface area contributed by atoms with Gasteiger partial charge in [-0.05, 0) is 36.8 Å². The number of pyridine rings is 1. The molecule has 1 aromatic heterocycles. The van der Waals surface area contributed by atoms with Crippen molar-refractivity contribution < 1.29 is 0 Å². The molecule has 0 unspecified atom stereocenters. The summed E-state index contributed by atoms with van der Waals surface area (Å²) in [4.78, 5) is 4.52. The molecule has 2 aromatic rings. The van der Waals surface area contributed by atoms with Crippen molar-refractivity contribution in [2.75, 3.05) is 12.8 Å². The second-order valence-electron chi connectivity index (χ2n) is 5.10. The third-order valence-electron chi connectivity index (χ3n) is 3.80. The smallest absolute Gasteiger partial charge is 0.0758 e. The second-order valence-corrected chi connectivity index (χ2v) is 7.23. The van der Waals surface area contributed by atoms with Gasteiger partial charge in [0.15, 0.2) is 0 Å². The lowest BCUT2D eigenvalue weighted by atomic mass is 10.1. The van der Waals surface area contributed by atoms with E-state index in [1.54, 1.807) is 0 Å². The van der Waals surface area contributed by atoms with Crippen molar-refractivity contribution in [3.05, 3.63) is 40.5 Å². The molecular formula is C15H17BrN2S. The van der Waals surface area contributed by atoms with Crippen LogP contribution in [0.1, 0.15) is 18.4 Å². The van der Waals surface area contributed by atoms with Crippen molar-refractivity contribution >= 4 is 38.6 Å². The highest BCUT2D eigenvalue weighted by Gasteiger charge is 2.41. The van der Waals surface area contributed by atoms with Crippen LogP contribution in [-0.4, -0.2) is 22.5 Å². The molecule has 3 rings (SSSR count). The van der Waals surface area contributed by atoms with Gasteiger partial charge in [-0.25, -0.2) is 0 Å². The van der Waals surface area contributed by atoms with E-state index in [9.17, 15) is 0 Å². The van der Waals surface area contributed by atoms with Gasteiger partial charge < -0.3 is 5.32 Å². The first kappa shape index (κ1) is 13.4. The summed E-state index contributed by atoms with van der Waals surface area (Å²) in [7, 11) is 0. The number of nitrogens with zero attached hydrogens (tertiary/aromatic N) is 1. The number of thioether (sulfide) groups is 1. The summed E-state index contributed by atoms with van der Waals surface area (Å²) in [6.45, 7) is 1.99. The number of fused-ring (bicyclic) bond motifs is 1. The van der Waals surface area contributed by atoms with Crippen LogP contribution >= 0.6 is 27.7 Å². The van der Waals surface area contributed by atoms with E-state index >= 15 is 0 Å². The molecule has 0 atom stereocenters. The lowest BCUT2D eigenvalue weighted by molar-refractivity contribution is 0.665. The molecule has 1 saturated carbocycles. The molecule has 4 heteroatoms. The highest BCUT2D eigenvalue weighted by molar-refractivity contribution is 9.10. The van der Waals surface area contributed by atoms with Crippen molar-refractivity contribution in [2.45, 2.75) is 24.1 Å². The van der Waals surface area contributed by atoms with Gasteiger partial charge in [-0.1, -0.05) is 28.1 Å². The van der Waals surface area contributed by atoms with E-state index in [2.05, 4.69) is 50.7 Å². The topological polar surface area (TPSA) is 24.9 Å². The Morgan fingerprint density at radius 1 is 1.37 bits per heavy atom. The molecule has 0 spiro atoms. The van der Waals surface area contributed by atoms with Gasteiger partial charge in [-0.2, -0.15) is 11.8 Å². The first-order chi connectivity index (χ1) is 9.24. The van der Waals surface area contributed by atoms with Gasteiger partial charge in [-0.15, -0.1) is 0 Å². The molecule has 0 aliphatic heterocycles. The number of aromatic nitrogens is 1. The standard InChI is InChI=1S/C15H17BrN2S/c1-19-15(6-7-15)10-17-9-11-4-5-13(16)12-3-2-8-18-14(11)12/h2-5,8,17H,6-7,9-10H2,1H3. The summed E-state index contributed by atoms with van der Waals surface area (Å²) in [5.74, 6) is 0. The van der Waals surface area contributed by atoms with E-state index in [0.717, 1.165) is 23.1 Å². The fourth-order valence-electron chi connectivity index (χ4n) is 2.36. The minimum Gasteiger partial charge on any atom is -0.311 e. The summed E-state index contributed by atoms with van der Waals surface area (Å²) >= 11 is 5.58. The molecular weight excluding hydrogens is 320 g/mol. The quantitative estimate of drug-likeness (QED) is 0.893. The van der Waals surface area contributed by atoms with Crippen molar-refractivity contribution in [3.63, 3.8) is 0 Å². The zero-order valence-corrected chi connectivity index (χ0v) is 13.4. The molecule has 19 heavy (non-hydrogen) atoms. The fourth-order valence-corrected chi connectivity index (χ4v) is 3.57. The van der Waals surface area contributed by atoms with Gasteiger partial charge in [0.25, 0.3) is 0 Å². The van der Waals surface area contributed by atoms with Gasteiger partial charge in [0, 0.05) is 33.9 Å². The first-order valence-corrected chi connectivity index (χ1v) is 8.54. The summed E-state index contributed by atoms with van der Waals surface area (Å²) in [5, 5.41) is 4.78. The maximum absolute atomic E-state index is 4.52. The van der Waals surface area contributed by atoms with Gasteiger partial charge in [-0.3, -0.25) is 4.98 Å². The third kappa shape index (κ3) is 2.81. The van der Waals surface area contributed by atoms with E-state index in [4.69, 9.17) is 0 Å². The molecule has 1 heterocycles. The maximum atomic E-state index is 4.52. The van der Waals surface area contributed by atoms with Crippen LogP contribution in [-0.2, 0) is 6.54 Å². The predicted molar refractivity (Wildman–Crippen MR) is 86.6 cm³/mol. The largest absolute Gasteiger partial charge is 0.311 e. The van der Waals surface area contributed by atoms with Gasteiger partial charge in [0.05, 0.1) is 5.52 Å². The highest BCUT2D eigenvalue weighted by atomic mass is 79.9. The Balaban J connectivity index is 1.76. The average Bonchev–Trinajstić information content (AvgIpc) is 3.22. The Labute approximate surface area is 126 Å². The number of benzene rings is 1. The minimum atomic E-state index is 0.512. The third-order valence-corrected chi connectivity index (χ3v) is 5.91. The second kappa shape index (κ2) is 5.43. The number of hydrogen-bond donors (Lipinski definition) is 1. The zero-order chi connectivity index (χ0) is 13.3. The first-order valence-electron chi connectivity index (χ1n) is 6.52. The molecule has 0 radical (unpaired) electrons. The zero-order valence-electron chi connectivity index (χ0n) is 10.9. The monoisotopic (exact) mass is 336 g/mol. The number of halogens is 1. The SMILES string of the molecule is CSC1(CNCc2ccc(Br)c3cccnc23)CC1. The number of rotatable bonds is 5. The Kier molecular flexibility index (Phi) is 3.83. The molecule has 2 nitrogen and oxygen atoms in total. The van der Waals surface area contributed by atoms with E-state index < -0.39 is 0 Å². The lowest BCUT2D eigenvalue weighted by Gasteiger charge is -2.14. The highest BCUT2D eigenvalue weighted by Crippen LogP contribution is 2.46. The van der Waals surface area contributed by atoms with Crippen molar-refractivity contribution in [2.24, 2.45) is 0 Å². The Bertz CT molecular complexity index is 596. The molecule has 0 bridgehead atoms. The van der Waals surface area contributed by atoms with Gasteiger partial charge >= 0.3 is 0 Å². The predicted octanol–water partition coefficient (Wildman–Crippen LogP) is 3.98. The Morgan fingerprint density at radius 3 is 2.95 bits per heavy atom. The molecule has 100 valence electrons. The van der Waals surface area contributed by atoms with Gasteiger partial charge in [0.1, 0.15) is 0 Å². The van der Waals surface area contributed by atoms with E-state index in [-0.39, 0.29) is 0 Å².